The molecule has 4 rings (SSSR count). The molecule has 0 bridgehead atoms. The summed E-state index contributed by atoms with van der Waals surface area (Å²) >= 11 is 0. The summed E-state index contributed by atoms with van der Waals surface area (Å²) in [4.78, 5) is 16.3. The van der Waals surface area contributed by atoms with Gasteiger partial charge in [-0.1, -0.05) is 30.3 Å². The largest absolute Gasteiger partial charge is 0.343 e. The number of benzene rings is 2. The quantitative estimate of drug-likeness (QED) is 0.672. The van der Waals surface area contributed by atoms with E-state index >= 15 is 0 Å². The molecule has 5 nitrogen and oxygen atoms in total. The molecule has 1 aliphatic heterocycles. The summed E-state index contributed by atoms with van der Waals surface area (Å²) in [6.07, 6.45) is 6.69. The number of nitrogens with one attached hydrogen (secondary N) is 1. The minimum Gasteiger partial charge on any atom is -0.343 e. The highest BCUT2D eigenvalue weighted by atomic mass is 16.7. The molecule has 0 unspecified atom stereocenters. The molecular formula is C23H22N2O3. The number of pyridine rings is 1. The minimum absolute atomic E-state index is 0.0830. The first-order chi connectivity index (χ1) is 13.6. The SMILES string of the molecule is C[C@@H]1OC(c2ccc(/C=C/C(=O)Nc3ccc4cnccc4c3)cc2)O[C@H]1C. The zero-order chi connectivity index (χ0) is 19.5. The van der Waals surface area contributed by atoms with Crippen LogP contribution in [0.4, 0.5) is 5.69 Å². The average molecular weight is 374 g/mol. The Labute approximate surface area is 164 Å². The molecule has 28 heavy (non-hydrogen) atoms. The molecule has 2 heterocycles. The molecule has 142 valence electrons. The normalized spacial score (nSPS) is 20.1. The third-order valence-corrected chi connectivity index (χ3v) is 4.88. The Morgan fingerprint density at radius 3 is 2.50 bits per heavy atom. The second kappa shape index (κ2) is 7.92. The smallest absolute Gasteiger partial charge is 0.248 e. The highest BCUT2D eigenvalue weighted by Gasteiger charge is 2.30. The molecule has 1 amide bonds. The van der Waals surface area contributed by atoms with Crippen molar-refractivity contribution < 1.29 is 14.3 Å². The molecule has 1 N–H and O–H groups in total. The van der Waals surface area contributed by atoms with Crippen LogP contribution in [0.2, 0.25) is 0 Å². The predicted molar refractivity (Wildman–Crippen MR) is 110 cm³/mol. The Kier molecular flexibility index (Phi) is 5.19. The molecule has 1 saturated heterocycles. The van der Waals surface area contributed by atoms with Crippen LogP contribution < -0.4 is 5.32 Å². The van der Waals surface area contributed by atoms with Crippen molar-refractivity contribution in [2.24, 2.45) is 0 Å². The van der Waals surface area contributed by atoms with Crippen LogP contribution in [0.3, 0.4) is 0 Å². The van der Waals surface area contributed by atoms with Gasteiger partial charge >= 0.3 is 0 Å². The molecule has 2 aromatic carbocycles. The lowest BCUT2D eigenvalue weighted by atomic mass is 10.1. The molecule has 1 fully saturated rings. The number of nitrogens with zero attached hydrogens (tertiary/aromatic N) is 1. The van der Waals surface area contributed by atoms with E-state index in [0.29, 0.717) is 0 Å². The first kappa shape index (κ1) is 18.3. The lowest BCUT2D eigenvalue weighted by molar-refractivity contribution is -0.111. The molecule has 2 atom stereocenters. The van der Waals surface area contributed by atoms with Gasteiger partial charge in [0.25, 0.3) is 0 Å². The molecule has 5 heteroatoms. The van der Waals surface area contributed by atoms with E-state index in [2.05, 4.69) is 10.3 Å². The van der Waals surface area contributed by atoms with Gasteiger partial charge in [-0.25, -0.2) is 0 Å². The number of fused-ring (bicyclic) bond motifs is 1. The Hall–Kier alpha value is -3.02. The number of carbonyl (C=O) groups excluding carboxylic acids is 1. The fraction of sp³-hybridized carbons (Fsp3) is 0.217. The Bertz CT molecular complexity index is 1000. The first-order valence-electron chi connectivity index (χ1n) is 9.32. The third-order valence-electron chi connectivity index (χ3n) is 4.88. The minimum atomic E-state index is -0.325. The summed E-state index contributed by atoms with van der Waals surface area (Å²) in [5.74, 6) is -0.178. The van der Waals surface area contributed by atoms with Crippen molar-refractivity contribution in [3.63, 3.8) is 0 Å². The maximum Gasteiger partial charge on any atom is 0.248 e. The highest BCUT2D eigenvalue weighted by Crippen LogP contribution is 2.31. The molecule has 0 aliphatic carbocycles. The van der Waals surface area contributed by atoms with E-state index in [9.17, 15) is 4.79 Å². The van der Waals surface area contributed by atoms with Gasteiger partial charge in [-0.05, 0) is 49.1 Å². The zero-order valence-electron chi connectivity index (χ0n) is 15.8. The Balaban J connectivity index is 1.38. The fourth-order valence-electron chi connectivity index (χ4n) is 3.08. The fourth-order valence-corrected chi connectivity index (χ4v) is 3.08. The van der Waals surface area contributed by atoms with Crippen molar-refractivity contribution in [2.75, 3.05) is 5.32 Å². The average Bonchev–Trinajstić information content (AvgIpc) is 3.05. The van der Waals surface area contributed by atoms with Crippen molar-refractivity contribution in [2.45, 2.75) is 32.3 Å². The molecule has 1 aliphatic rings. The van der Waals surface area contributed by atoms with Gasteiger partial charge in [-0.15, -0.1) is 0 Å². The van der Waals surface area contributed by atoms with Crippen LogP contribution in [-0.4, -0.2) is 23.1 Å². The van der Waals surface area contributed by atoms with E-state index < -0.39 is 0 Å². The number of carbonyl (C=O) groups is 1. The van der Waals surface area contributed by atoms with Crippen molar-refractivity contribution in [1.29, 1.82) is 0 Å². The molecule has 0 saturated carbocycles. The van der Waals surface area contributed by atoms with Gasteiger partial charge in [-0.3, -0.25) is 9.78 Å². The molecule has 0 spiro atoms. The van der Waals surface area contributed by atoms with Gasteiger partial charge in [0.05, 0.1) is 12.2 Å². The van der Waals surface area contributed by atoms with E-state index in [-0.39, 0.29) is 24.4 Å². The van der Waals surface area contributed by atoms with Gasteiger partial charge in [0.1, 0.15) is 0 Å². The number of rotatable bonds is 4. The predicted octanol–water partition coefficient (Wildman–Crippen LogP) is 4.71. The topological polar surface area (TPSA) is 60.5 Å². The summed E-state index contributed by atoms with van der Waals surface area (Å²) < 4.78 is 11.6. The monoisotopic (exact) mass is 374 g/mol. The zero-order valence-corrected chi connectivity index (χ0v) is 15.8. The van der Waals surface area contributed by atoms with Crippen LogP contribution in [-0.2, 0) is 14.3 Å². The summed E-state index contributed by atoms with van der Waals surface area (Å²) in [7, 11) is 0. The van der Waals surface area contributed by atoms with Crippen LogP contribution in [0.15, 0.2) is 67.0 Å². The maximum atomic E-state index is 12.2. The summed E-state index contributed by atoms with van der Waals surface area (Å²) in [5.41, 5.74) is 2.66. The lowest BCUT2D eigenvalue weighted by Gasteiger charge is -2.10. The number of ether oxygens (including phenoxy) is 2. The Morgan fingerprint density at radius 1 is 1.00 bits per heavy atom. The van der Waals surface area contributed by atoms with E-state index in [4.69, 9.17) is 9.47 Å². The van der Waals surface area contributed by atoms with Crippen molar-refractivity contribution in [3.05, 3.63) is 78.1 Å². The van der Waals surface area contributed by atoms with Crippen molar-refractivity contribution in [1.82, 2.24) is 4.98 Å². The summed E-state index contributed by atoms with van der Waals surface area (Å²) in [5, 5.41) is 4.96. The maximum absolute atomic E-state index is 12.2. The van der Waals surface area contributed by atoms with E-state index in [1.54, 1.807) is 18.5 Å². The van der Waals surface area contributed by atoms with Gasteiger partial charge in [0.15, 0.2) is 6.29 Å². The lowest BCUT2D eigenvalue weighted by Crippen LogP contribution is -2.13. The van der Waals surface area contributed by atoms with Gasteiger partial charge in [0.2, 0.25) is 5.91 Å². The van der Waals surface area contributed by atoms with Crippen LogP contribution in [0.5, 0.6) is 0 Å². The molecule has 1 aromatic heterocycles. The molecule has 0 radical (unpaired) electrons. The summed E-state index contributed by atoms with van der Waals surface area (Å²) in [6.45, 7) is 4.01. The number of hydrogen-bond acceptors (Lipinski definition) is 4. The first-order valence-corrected chi connectivity index (χ1v) is 9.32. The van der Waals surface area contributed by atoms with Gasteiger partial charge < -0.3 is 14.8 Å². The van der Waals surface area contributed by atoms with E-state index in [0.717, 1.165) is 27.6 Å². The van der Waals surface area contributed by atoms with Gasteiger partial charge in [-0.2, -0.15) is 0 Å². The second-order valence-electron chi connectivity index (χ2n) is 6.94. The van der Waals surface area contributed by atoms with Crippen LogP contribution >= 0.6 is 0 Å². The van der Waals surface area contributed by atoms with Gasteiger partial charge in [0, 0.05) is 35.1 Å². The highest BCUT2D eigenvalue weighted by molar-refractivity contribution is 6.03. The van der Waals surface area contributed by atoms with E-state index in [1.807, 2.05) is 62.4 Å². The Morgan fingerprint density at radius 2 is 1.75 bits per heavy atom. The molecule has 3 aromatic rings. The van der Waals surface area contributed by atoms with E-state index in [1.165, 1.54) is 6.08 Å². The number of aromatic nitrogens is 1. The van der Waals surface area contributed by atoms with Crippen molar-refractivity contribution >= 4 is 28.4 Å². The standard InChI is InChI=1S/C23H22N2O3/c1-15-16(2)28-23(27-15)18-6-3-17(4-7-18)5-10-22(26)25-21-9-8-20-14-24-12-11-19(20)13-21/h3-16,23H,1-2H3,(H,25,26)/b10-5+/t15-,16-/m0/s1. The van der Waals surface area contributed by atoms with Crippen LogP contribution in [0, 0.1) is 0 Å². The van der Waals surface area contributed by atoms with Crippen molar-refractivity contribution in [3.8, 4) is 0 Å². The number of hydrogen-bond donors (Lipinski definition) is 1. The third kappa shape index (κ3) is 4.11. The number of anilines is 1. The number of amides is 1. The molecular weight excluding hydrogens is 352 g/mol. The second-order valence-corrected chi connectivity index (χ2v) is 6.94. The summed E-state index contributed by atoms with van der Waals surface area (Å²) in [6, 6.07) is 15.5. The van der Waals surface area contributed by atoms with Crippen LogP contribution in [0.1, 0.15) is 31.3 Å². The van der Waals surface area contributed by atoms with Crippen LogP contribution in [0.25, 0.3) is 16.8 Å².